The number of nitrogens with two attached hydrogens (primary N) is 1. The second-order valence-electron chi connectivity index (χ2n) is 10.7. The summed E-state index contributed by atoms with van der Waals surface area (Å²) in [6, 6.07) is 2.80. The fourth-order valence-corrected chi connectivity index (χ4v) is 4.23. The number of carbonyl (C=O) groups excluding carboxylic acids is 2. The van der Waals surface area contributed by atoms with Crippen molar-refractivity contribution in [1.82, 2.24) is 10.2 Å². The molecule has 192 valence electrons. The minimum atomic E-state index is -0.954. The van der Waals surface area contributed by atoms with Gasteiger partial charge in [-0.3, -0.25) is 14.5 Å². The molecule has 4 N–H and O–H groups in total. The number of halogens is 2. The summed E-state index contributed by atoms with van der Waals surface area (Å²) in [7, 11) is 0. The number of benzene rings is 1. The van der Waals surface area contributed by atoms with Crippen LogP contribution < -0.4 is 16.0 Å². The molecule has 1 aliphatic rings. The lowest BCUT2D eigenvalue weighted by Gasteiger charge is -2.47. The van der Waals surface area contributed by atoms with Crippen LogP contribution in [0.25, 0.3) is 0 Å². The Bertz CT molecular complexity index is 842. The van der Waals surface area contributed by atoms with E-state index in [-0.39, 0.29) is 43.6 Å². The molecule has 1 heterocycles. The Hall–Kier alpha value is -2.10. The van der Waals surface area contributed by atoms with Crippen LogP contribution >= 0.6 is 0 Å². The van der Waals surface area contributed by atoms with E-state index in [2.05, 4.69) is 5.32 Å². The minimum absolute atomic E-state index is 0.0197. The lowest BCUT2D eigenvalue weighted by Crippen LogP contribution is -2.64. The summed E-state index contributed by atoms with van der Waals surface area (Å²) in [5.74, 6) is -2.19. The van der Waals surface area contributed by atoms with Gasteiger partial charge in [0, 0.05) is 37.1 Å². The topological polar surface area (TPSA) is 98.9 Å². The zero-order valence-electron chi connectivity index (χ0n) is 21.1. The highest BCUT2D eigenvalue weighted by Crippen LogP contribution is 2.30. The van der Waals surface area contributed by atoms with Crippen LogP contribution in [0.1, 0.15) is 48.0 Å². The smallest absolute Gasteiger partial charge is 0.241 e. The molecule has 0 spiro atoms. The molecule has 0 saturated carbocycles. The third-order valence-corrected chi connectivity index (χ3v) is 6.48. The number of carbonyl (C=O) groups is 2. The van der Waals surface area contributed by atoms with Gasteiger partial charge in [0.05, 0.1) is 12.6 Å². The zero-order chi connectivity index (χ0) is 25.8. The van der Waals surface area contributed by atoms with Crippen molar-refractivity contribution in [3.8, 4) is 0 Å². The van der Waals surface area contributed by atoms with Crippen molar-refractivity contribution in [3.05, 3.63) is 29.8 Å². The molecule has 0 bridgehead atoms. The maximum atomic E-state index is 14.3. The van der Waals surface area contributed by atoms with E-state index in [9.17, 15) is 23.5 Å². The van der Waals surface area contributed by atoms with Crippen molar-refractivity contribution >= 4 is 17.5 Å². The van der Waals surface area contributed by atoms with Crippen LogP contribution in [-0.4, -0.2) is 65.7 Å². The highest BCUT2D eigenvalue weighted by molar-refractivity contribution is 5.96. The maximum absolute atomic E-state index is 14.3. The van der Waals surface area contributed by atoms with E-state index in [1.165, 1.54) is 6.07 Å². The van der Waals surface area contributed by atoms with Crippen molar-refractivity contribution in [3.63, 3.8) is 0 Å². The van der Waals surface area contributed by atoms with Crippen LogP contribution in [-0.2, 0) is 9.59 Å². The van der Waals surface area contributed by atoms with E-state index >= 15 is 0 Å². The van der Waals surface area contributed by atoms with Gasteiger partial charge >= 0.3 is 0 Å². The Morgan fingerprint density at radius 3 is 2.32 bits per heavy atom. The van der Waals surface area contributed by atoms with Gasteiger partial charge in [0.1, 0.15) is 17.3 Å². The Morgan fingerprint density at radius 2 is 1.79 bits per heavy atom. The average Bonchev–Trinajstić information content (AvgIpc) is 2.72. The van der Waals surface area contributed by atoms with Gasteiger partial charge in [-0.1, -0.05) is 33.8 Å². The third-order valence-electron chi connectivity index (χ3n) is 6.48. The Balaban J connectivity index is 2.07. The normalized spacial score (nSPS) is 19.4. The summed E-state index contributed by atoms with van der Waals surface area (Å²) >= 11 is 0. The second-order valence-corrected chi connectivity index (χ2v) is 10.7. The Morgan fingerprint density at radius 1 is 1.21 bits per heavy atom. The van der Waals surface area contributed by atoms with Gasteiger partial charge in [-0.15, -0.1) is 0 Å². The largest absolute Gasteiger partial charge is 0.391 e. The van der Waals surface area contributed by atoms with Crippen molar-refractivity contribution in [1.29, 1.82) is 0 Å². The first kappa shape index (κ1) is 28.1. The number of para-hydroxylation sites is 1. The minimum Gasteiger partial charge on any atom is -0.391 e. The molecule has 1 aromatic rings. The molecule has 2 amide bonds. The maximum Gasteiger partial charge on any atom is 0.241 e. The highest BCUT2D eigenvalue weighted by Gasteiger charge is 2.41. The molecule has 34 heavy (non-hydrogen) atoms. The predicted molar refractivity (Wildman–Crippen MR) is 129 cm³/mol. The van der Waals surface area contributed by atoms with E-state index in [0.29, 0.717) is 12.5 Å². The van der Waals surface area contributed by atoms with Gasteiger partial charge in [-0.2, -0.15) is 0 Å². The third kappa shape index (κ3) is 6.96. The summed E-state index contributed by atoms with van der Waals surface area (Å²) in [5.41, 5.74) is 5.31. The quantitative estimate of drug-likeness (QED) is 0.476. The molecule has 0 radical (unpaired) electrons. The summed E-state index contributed by atoms with van der Waals surface area (Å²) in [5, 5.41) is 13.7. The van der Waals surface area contributed by atoms with E-state index in [4.69, 9.17) is 5.73 Å². The number of hydrogen-bond donors (Lipinski definition) is 3. The number of amides is 2. The number of anilines is 1. The first-order chi connectivity index (χ1) is 15.7. The molecule has 3 atom stereocenters. The van der Waals surface area contributed by atoms with Crippen molar-refractivity contribution in [2.45, 2.75) is 65.6 Å². The molecular weight excluding hydrogens is 442 g/mol. The van der Waals surface area contributed by atoms with Gasteiger partial charge in [0.2, 0.25) is 11.8 Å². The van der Waals surface area contributed by atoms with Crippen LogP contribution in [0.4, 0.5) is 14.5 Å². The van der Waals surface area contributed by atoms with Gasteiger partial charge in [-0.05, 0) is 44.2 Å². The summed E-state index contributed by atoms with van der Waals surface area (Å²) in [4.78, 5) is 28.4. The van der Waals surface area contributed by atoms with E-state index in [1.54, 1.807) is 0 Å². The summed E-state index contributed by atoms with van der Waals surface area (Å²) in [6.07, 6.45) is -0.748. The highest BCUT2D eigenvalue weighted by atomic mass is 19.1. The van der Waals surface area contributed by atoms with Crippen LogP contribution in [0.5, 0.6) is 0 Å². The first-order valence-corrected chi connectivity index (χ1v) is 11.9. The molecular formula is C25H40F2N4O3. The average molecular weight is 483 g/mol. The molecule has 0 unspecified atom stereocenters. The molecule has 1 aliphatic heterocycles. The number of nitrogens with zero attached hydrogens (tertiary/aromatic N) is 2. The van der Waals surface area contributed by atoms with Crippen molar-refractivity contribution < 1.29 is 23.5 Å². The lowest BCUT2D eigenvalue weighted by atomic mass is 9.86. The number of hydrogen-bond acceptors (Lipinski definition) is 5. The van der Waals surface area contributed by atoms with E-state index in [0.717, 1.165) is 17.0 Å². The van der Waals surface area contributed by atoms with Crippen molar-refractivity contribution in [2.24, 2.45) is 23.5 Å². The number of aliphatic hydroxyl groups excluding tert-OH is 1. The molecule has 1 aromatic carbocycles. The molecule has 0 aliphatic carbocycles. The van der Waals surface area contributed by atoms with Crippen LogP contribution in [0, 0.1) is 29.4 Å². The van der Waals surface area contributed by atoms with Gasteiger partial charge in [0.25, 0.3) is 0 Å². The number of aliphatic hydroxyl groups is 1. The van der Waals surface area contributed by atoms with Crippen molar-refractivity contribution in [2.75, 3.05) is 31.1 Å². The number of rotatable bonds is 10. The van der Waals surface area contributed by atoms with Gasteiger partial charge in [-0.25, -0.2) is 8.78 Å². The fraction of sp³-hybridized carbons (Fsp3) is 0.680. The number of piperazine rings is 1. The second kappa shape index (κ2) is 11.6. The first-order valence-electron chi connectivity index (χ1n) is 11.9. The molecule has 1 saturated heterocycles. The number of nitrogens with one attached hydrogen (secondary N) is 1. The standard InChI is InChI=1S/C25H40F2N4O3/c1-15(2)11-29-24(34)17(16(3)4)10-21(32)20(28)12-30-13-22(33)31(14-25(30,5)6)23-18(26)8-7-9-19(23)27/h7-9,15-17,20-21,32H,10-14,28H2,1-6H3,(H,29,34)/t17-,20-,21-/m0/s1. The summed E-state index contributed by atoms with van der Waals surface area (Å²) < 4.78 is 28.6. The lowest BCUT2D eigenvalue weighted by molar-refractivity contribution is -0.127. The van der Waals surface area contributed by atoms with E-state index in [1.807, 2.05) is 46.4 Å². The van der Waals surface area contributed by atoms with Crippen LogP contribution in [0.15, 0.2) is 18.2 Å². The molecule has 1 fully saturated rings. The molecule has 2 rings (SSSR count). The Kier molecular flexibility index (Phi) is 9.56. The fourth-order valence-electron chi connectivity index (χ4n) is 4.23. The SMILES string of the molecule is CC(C)CNC(=O)[C@@H](C[C@H](O)[C@@H](N)CN1CC(=O)N(c2c(F)cccc2F)CC1(C)C)C(C)C. The Labute approximate surface area is 201 Å². The molecule has 9 heteroatoms. The predicted octanol–water partition coefficient (Wildman–Crippen LogP) is 2.51. The van der Waals surface area contributed by atoms with Crippen LogP contribution in [0.3, 0.4) is 0 Å². The molecule has 0 aromatic heterocycles. The summed E-state index contributed by atoms with van der Waals surface area (Å²) in [6.45, 7) is 12.3. The zero-order valence-corrected chi connectivity index (χ0v) is 21.1. The molecule has 7 nitrogen and oxygen atoms in total. The van der Waals surface area contributed by atoms with Gasteiger partial charge in [0.15, 0.2) is 0 Å². The van der Waals surface area contributed by atoms with E-state index < -0.39 is 41.1 Å². The van der Waals surface area contributed by atoms with Crippen LogP contribution in [0.2, 0.25) is 0 Å². The monoisotopic (exact) mass is 482 g/mol. The van der Waals surface area contributed by atoms with Gasteiger partial charge < -0.3 is 21.1 Å².